The summed E-state index contributed by atoms with van der Waals surface area (Å²) in [5.74, 6) is 4.57. The van der Waals surface area contributed by atoms with Gasteiger partial charge >= 0.3 is 12.1 Å². The van der Waals surface area contributed by atoms with Crippen molar-refractivity contribution in [2.24, 2.45) is 0 Å². The molecule has 1 N–H and O–H groups in total. The molecule has 0 aliphatic rings. The standard InChI is InChI=1S/C17H20FNO4.ClH/c1-17(2,3)23-16(21)19-14(15(20)22-4)7-5-6-12-8-10-13(18)11-9-12;/h8-11,14H,7H2,1-4H3,(H,19,21);1H/t14-;/m0./s1. The number of amides is 1. The topological polar surface area (TPSA) is 64.6 Å². The second-order valence-electron chi connectivity index (χ2n) is 5.73. The first kappa shape index (κ1) is 21.7. The van der Waals surface area contributed by atoms with E-state index < -0.39 is 23.7 Å². The maximum Gasteiger partial charge on any atom is 0.408 e. The van der Waals surface area contributed by atoms with Gasteiger partial charge in [-0.2, -0.15) is 0 Å². The van der Waals surface area contributed by atoms with Crippen molar-refractivity contribution >= 4 is 24.5 Å². The fourth-order valence-corrected chi connectivity index (χ4v) is 1.57. The van der Waals surface area contributed by atoms with Gasteiger partial charge in [0.2, 0.25) is 0 Å². The van der Waals surface area contributed by atoms with Crippen LogP contribution in [0.15, 0.2) is 24.3 Å². The first-order chi connectivity index (χ1) is 10.7. The third-order valence-electron chi connectivity index (χ3n) is 2.56. The molecule has 0 heterocycles. The van der Waals surface area contributed by atoms with E-state index in [-0.39, 0.29) is 24.6 Å². The van der Waals surface area contributed by atoms with Crippen LogP contribution in [-0.4, -0.2) is 30.8 Å². The molecule has 5 nitrogen and oxygen atoms in total. The smallest absolute Gasteiger partial charge is 0.408 e. The average Bonchev–Trinajstić information content (AvgIpc) is 2.45. The number of hydrogen-bond donors (Lipinski definition) is 1. The molecule has 132 valence electrons. The molecule has 0 saturated heterocycles. The molecule has 0 aliphatic heterocycles. The molecule has 0 unspecified atom stereocenters. The Balaban J connectivity index is 0.00000529. The minimum Gasteiger partial charge on any atom is -0.467 e. The summed E-state index contributed by atoms with van der Waals surface area (Å²) in [4.78, 5) is 23.4. The van der Waals surface area contributed by atoms with Crippen LogP contribution in [0.5, 0.6) is 0 Å². The lowest BCUT2D eigenvalue weighted by Gasteiger charge is -2.21. The van der Waals surface area contributed by atoms with Crippen LogP contribution >= 0.6 is 12.4 Å². The number of carbonyl (C=O) groups excluding carboxylic acids is 2. The lowest BCUT2D eigenvalue weighted by molar-refractivity contribution is -0.143. The van der Waals surface area contributed by atoms with E-state index in [1.165, 1.54) is 31.4 Å². The summed E-state index contributed by atoms with van der Waals surface area (Å²) in [7, 11) is 1.22. The molecular weight excluding hydrogens is 337 g/mol. The van der Waals surface area contributed by atoms with Gasteiger partial charge in [-0.15, -0.1) is 12.4 Å². The molecule has 1 atom stereocenters. The van der Waals surface area contributed by atoms with Gasteiger partial charge in [0.05, 0.1) is 7.11 Å². The van der Waals surface area contributed by atoms with Crippen molar-refractivity contribution in [1.29, 1.82) is 0 Å². The number of hydrogen-bond acceptors (Lipinski definition) is 4. The molecule has 0 aliphatic carbocycles. The molecular formula is C17H21ClFNO4. The number of esters is 1. The molecule has 24 heavy (non-hydrogen) atoms. The van der Waals surface area contributed by atoms with Crippen LogP contribution in [0.25, 0.3) is 0 Å². The van der Waals surface area contributed by atoms with Crippen LogP contribution in [0.1, 0.15) is 32.8 Å². The zero-order valence-corrected chi connectivity index (χ0v) is 14.8. The molecule has 0 fully saturated rings. The number of nitrogens with one attached hydrogen (secondary N) is 1. The van der Waals surface area contributed by atoms with Crippen molar-refractivity contribution in [3.05, 3.63) is 35.6 Å². The van der Waals surface area contributed by atoms with E-state index >= 15 is 0 Å². The summed E-state index contributed by atoms with van der Waals surface area (Å²) < 4.78 is 22.5. The zero-order chi connectivity index (χ0) is 17.5. The molecule has 1 aromatic rings. The number of carbonyl (C=O) groups is 2. The van der Waals surface area contributed by atoms with Crippen LogP contribution in [0.3, 0.4) is 0 Å². The fraction of sp³-hybridized carbons (Fsp3) is 0.412. The number of methoxy groups -OCH3 is 1. The first-order valence-electron chi connectivity index (χ1n) is 7.03. The van der Waals surface area contributed by atoms with Crippen LogP contribution in [0.4, 0.5) is 9.18 Å². The van der Waals surface area contributed by atoms with Crippen LogP contribution < -0.4 is 5.32 Å². The van der Waals surface area contributed by atoms with Gasteiger partial charge in [-0.1, -0.05) is 11.8 Å². The summed E-state index contributed by atoms with van der Waals surface area (Å²) in [6, 6.07) is 4.69. The maximum atomic E-state index is 12.8. The lowest BCUT2D eigenvalue weighted by atomic mass is 10.1. The average molecular weight is 358 g/mol. The zero-order valence-electron chi connectivity index (χ0n) is 14.0. The normalized spacial score (nSPS) is 11.2. The third kappa shape index (κ3) is 8.39. The Morgan fingerprint density at radius 3 is 2.33 bits per heavy atom. The monoisotopic (exact) mass is 357 g/mol. The molecule has 0 spiro atoms. The fourth-order valence-electron chi connectivity index (χ4n) is 1.57. The Morgan fingerprint density at radius 2 is 1.83 bits per heavy atom. The number of halogens is 2. The van der Waals surface area contributed by atoms with E-state index in [0.717, 1.165) is 0 Å². The number of benzene rings is 1. The second-order valence-corrected chi connectivity index (χ2v) is 5.73. The van der Waals surface area contributed by atoms with E-state index in [2.05, 4.69) is 21.9 Å². The molecule has 0 aromatic heterocycles. The Morgan fingerprint density at radius 1 is 1.25 bits per heavy atom. The second kappa shape index (κ2) is 9.78. The van der Waals surface area contributed by atoms with Gasteiger partial charge in [-0.3, -0.25) is 0 Å². The number of ether oxygens (including phenoxy) is 2. The predicted octanol–water partition coefficient (Wildman–Crippen LogP) is 3.06. The minimum absolute atomic E-state index is 0. The Kier molecular flexibility index (Phi) is 8.86. The highest BCUT2D eigenvalue weighted by molar-refractivity contribution is 5.85. The molecule has 0 radical (unpaired) electrons. The van der Waals surface area contributed by atoms with E-state index in [0.29, 0.717) is 5.56 Å². The summed E-state index contributed by atoms with van der Waals surface area (Å²) in [6.07, 6.45) is -0.681. The molecule has 7 heteroatoms. The highest BCUT2D eigenvalue weighted by Gasteiger charge is 2.24. The predicted molar refractivity (Wildman–Crippen MR) is 90.3 cm³/mol. The van der Waals surface area contributed by atoms with Gasteiger partial charge < -0.3 is 14.8 Å². The SMILES string of the molecule is COC(=O)[C@H](CC#Cc1ccc(F)cc1)NC(=O)OC(C)(C)C.Cl. The third-order valence-corrected chi connectivity index (χ3v) is 2.56. The number of rotatable bonds is 3. The summed E-state index contributed by atoms with van der Waals surface area (Å²) >= 11 is 0. The van der Waals surface area contributed by atoms with Crippen molar-refractivity contribution in [3.63, 3.8) is 0 Å². The van der Waals surface area contributed by atoms with Gasteiger partial charge in [0.25, 0.3) is 0 Å². The van der Waals surface area contributed by atoms with Crippen molar-refractivity contribution in [1.82, 2.24) is 5.32 Å². The lowest BCUT2D eigenvalue weighted by Crippen LogP contribution is -2.43. The minimum atomic E-state index is -0.942. The largest absolute Gasteiger partial charge is 0.467 e. The summed E-state index contributed by atoms with van der Waals surface area (Å²) in [6.45, 7) is 5.15. The van der Waals surface area contributed by atoms with Gasteiger partial charge in [0.1, 0.15) is 17.5 Å². The summed E-state index contributed by atoms with van der Waals surface area (Å²) in [5.41, 5.74) is -0.0721. The number of alkyl carbamates (subject to hydrolysis) is 1. The van der Waals surface area contributed by atoms with Crippen LogP contribution in [0, 0.1) is 17.7 Å². The van der Waals surface area contributed by atoms with E-state index in [1.54, 1.807) is 20.8 Å². The highest BCUT2D eigenvalue weighted by atomic mass is 35.5. The van der Waals surface area contributed by atoms with Gasteiger partial charge in [-0.25, -0.2) is 14.0 Å². The maximum absolute atomic E-state index is 12.8. The van der Waals surface area contributed by atoms with E-state index in [4.69, 9.17) is 4.74 Å². The van der Waals surface area contributed by atoms with Crippen molar-refractivity contribution in [3.8, 4) is 11.8 Å². The Hall–Kier alpha value is -2.26. The van der Waals surface area contributed by atoms with Crippen molar-refractivity contribution in [2.75, 3.05) is 7.11 Å². The quantitative estimate of drug-likeness (QED) is 0.667. The van der Waals surface area contributed by atoms with E-state index in [1.807, 2.05) is 0 Å². The van der Waals surface area contributed by atoms with Gasteiger partial charge in [-0.05, 0) is 45.0 Å². The van der Waals surface area contributed by atoms with Crippen LogP contribution in [-0.2, 0) is 14.3 Å². The van der Waals surface area contributed by atoms with E-state index in [9.17, 15) is 14.0 Å². The Bertz CT molecular complexity index is 614. The highest BCUT2D eigenvalue weighted by Crippen LogP contribution is 2.07. The first-order valence-corrected chi connectivity index (χ1v) is 7.03. The molecule has 1 aromatic carbocycles. The molecule has 0 bridgehead atoms. The summed E-state index contributed by atoms with van der Waals surface area (Å²) in [5, 5.41) is 2.42. The van der Waals surface area contributed by atoms with Crippen molar-refractivity contribution < 1.29 is 23.5 Å². The van der Waals surface area contributed by atoms with Gasteiger partial charge in [0.15, 0.2) is 0 Å². The molecule has 1 amide bonds. The molecule has 0 saturated carbocycles. The van der Waals surface area contributed by atoms with Crippen LogP contribution in [0.2, 0.25) is 0 Å². The van der Waals surface area contributed by atoms with Crippen molar-refractivity contribution in [2.45, 2.75) is 38.8 Å². The van der Waals surface area contributed by atoms with Gasteiger partial charge in [0, 0.05) is 12.0 Å². The Labute approximate surface area is 147 Å². The molecule has 1 rings (SSSR count).